The lowest BCUT2D eigenvalue weighted by Gasteiger charge is -2.02. The minimum atomic E-state index is 0.250. The van der Waals surface area contributed by atoms with Crippen LogP contribution in [-0.2, 0) is 16.6 Å². The predicted octanol–water partition coefficient (Wildman–Crippen LogP) is 3.26. The maximum absolute atomic E-state index is 8.12. The number of aromatic nitrogens is 4. The smallest absolute Gasteiger partial charge is 0.324 e. The van der Waals surface area contributed by atoms with Crippen molar-refractivity contribution in [3.63, 3.8) is 0 Å². The molecule has 0 aliphatic heterocycles. The molecule has 0 saturated heterocycles. The van der Waals surface area contributed by atoms with E-state index in [0.29, 0.717) is 11.0 Å². The summed E-state index contributed by atoms with van der Waals surface area (Å²) in [5.41, 5.74) is 3.77. The molecule has 0 fully saturated rings. The molecule has 4 rings (SSSR count). The Labute approximate surface area is 141 Å². The Balaban J connectivity index is 0.000000526. The number of nitrogens with zero attached hydrogens (tertiary/aromatic N) is 3. The largest absolute Gasteiger partial charge is 0.373 e. The van der Waals surface area contributed by atoms with Crippen LogP contribution in [0.25, 0.3) is 22.1 Å². The number of rotatable bonds is 2. The van der Waals surface area contributed by atoms with Gasteiger partial charge in [-0.1, -0.05) is 23.7 Å². The highest BCUT2D eigenvalue weighted by Crippen LogP contribution is 2.23. The van der Waals surface area contributed by atoms with Gasteiger partial charge in [0.2, 0.25) is 11.9 Å². The third-order valence-corrected chi connectivity index (χ3v) is 3.70. The number of imidazole rings is 2. The van der Waals surface area contributed by atoms with E-state index in [-0.39, 0.29) is 6.15 Å². The van der Waals surface area contributed by atoms with Crippen LogP contribution in [0.4, 0.5) is 11.9 Å². The van der Waals surface area contributed by atoms with E-state index in [1.807, 2.05) is 54.1 Å². The molecule has 0 aliphatic rings. The molecule has 2 aromatic heterocycles. The Morgan fingerprint density at radius 1 is 1.12 bits per heavy atom. The van der Waals surface area contributed by atoms with Crippen LogP contribution in [0.15, 0.2) is 42.5 Å². The maximum Gasteiger partial charge on any atom is 0.373 e. The second-order valence-corrected chi connectivity index (χ2v) is 5.37. The molecule has 0 aliphatic carbocycles. The summed E-state index contributed by atoms with van der Waals surface area (Å²) in [6.45, 7) is 0. The van der Waals surface area contributed by atoms with Crippen molar-refractivity contribution in [1.29, 1.82) is 0 Å². The van der Waals surface area contributed by atoms with Crippen molar-refractivity contribution in [3.05, 3.63) is 47.5 Å². The Hall–Kier alpha value is -3.15. The molecule has 2 heterocycles. The van der Waals surface area contributed by atoms with E-state index in [1.54, 1.807) is 0 Å². The average molecular weight is 342 g/mol. The third kappa shape index (κ3) is 2.99. The van der Waals surface area contributed by atoms with E-state index >= 15 is 0 Å². The third-order valence-electron chi connectivity index (χ3n) is 3.46. The molecule has 7 nitrogen and oxygen atoms in total. The topological polar surface area (TPSA) is 92.7 Å². The summed E-state index contributed by atoms with van der Waals surface area (Å²) in [4.78, 5) is 28.5. The Bertz CT molecular complexity index is 1050. The van der Waals surface area contributed by atoms with Crippen molar-refractivity contribution in [2.45, 2.75) is 0 Å². The van der Waals surface area contributed by atoms with Gasteiger partial charge in [0.25, 0.3) is 0 Å². The molecule has 0 unspecified atom stereocenters. The van der Waals surface area contributed by atoms with Gasteiger partial charge in [-0.3, -0.25) is 5.32 Å². The molecule has 120 valence electrons. The standard InChI is InChI=1S/C15H12ClN5.CO2/c1-21-13-5-3-2-4-11(13)19-15(21)20-14-17-10-7-6-9(16)8-12(10)18-14;2-1-3/h2-8H,1H3,(H2,17,18,19,20);. The number of anilines is 2. The van der Waals surface area contributed by atoms with Crippen molar-refractivity contribution in [2.75, 3.05) is 5.32 Å². The first-order valence-electron chi connectivity index (χ1n) is 6.95. The molecule has 0 atom stereocenters. The van der Waals surface area contributed by atoms with Crippen molar-refractivity contribution >= 4 is 51.7 Å². The summed E-state index contributed by atoms with van der Waals surface area (Å²) in [6, 6.07) is 13.5. The second kappa shape index (κ2) is 6.54. The molecular formula is C16H12ClN5O2. The molecule has 4 aromatic rings. The summed E-state index contributed by atoms with van der Waals surface area (Å²) in [5.74, 6) is 1.38. The van der Waals surface area contributed by atoms with E-state index in [2.05, 4.69) is 20.3 Å². The molecular weight excluding hydrogens is 330 g/mol. The van der Waals surface area contributed by atoms with E-state index in [9.17, 15) is 0 Å². The number of hydrogen-bond acceptors (Lipinski definition) is 5. The van der Waals surface area contributed by atoms with Crippen LogP contribution in [-0.4, -0.2) is 25.7 Å². The number of hydrogen-bond donors (Lipinski definition) is 2. The number of aromatic amines is 1. The Morgan fingerprint density at radius 3 is 2.62 bits per heavy atom. The quantitative estimate of drug-likeness (QED) is 0.583. The van der Waals surface area contributed by atoms with Crippen LogP contribution in [0, 0.1) is 0 Å². The Kier molecular flexibility index (Phi) is 4.29. The fraction of sp³-hybridized carbons (Fsp3) is 0.0625. The normalized spacial score (nSPS) is 10.2. The first-order chi connectivity index (χ1) is 11.6. The number of carbonyl (C=O) groups excluding carboxylic acids is 2. The highest BCUT2D eigenvalue weighted by Gasteiger charge is 2.09. The molecule has 0 bridgehead atoms. The zero-order valence-electron chi connectivity index (χ0n) is 12.6. The fourth-order valence-electron chi connectivity index (χ4n) is 2.40. The summed E-state index contributed by atoms with van der Waals surface area (Å²) >= 11 is 5.98. The van der Waals surface area contributed by atoms with E-state index < -0.39 is 0 Å². The lowest BCUT2D eigenvalue weighted by Crippen LogP contribution is -2.00. The lowest BCUT2D eigenvalue weighted by atomic mass is 10.3. The number of halogens is 1. The first-order valence-corrected chi connectivity index (χ1v) is 7.33. The van der Waals surface area contributed by atoms with Gasteiger partial charge in [-0.15, -0.1) is 0 Å². The second-order valence-electron chi connectivity index (χ2n) is 4.94. The van der Waals surface area contributed by atoms with Gasteiger partial charge in [0.1, 0.15) is 0 Å². The van der Waals surface area contributed by atoms with Crippen molar-refractivity contribution in [3.8, 4) is 0 Å². The number of nitrogens with one attached hydrogen (secondary N) is 2. The molecule has 2 aromatic carbocycles. The van der Waals surface area contributed by atoms with Gasteiger partial charge in [0.15, 0.2) is 0 Å². The van der Waals surface area contributed by atoms with Gasteiger partial charge < -0.3 is 9.55 Å². The summed E-state index contributed by atoms with van der Waals surface area (Å²) < 4.78 is 2.00. The van der Waals surface area contributed by atoms with Gasteiger partial charge in [-0.2, -0.15) is 9.59 Å². The van der Waals surface area contributed by atoms with Gasteiger partial charge in [0, 0.05) is 12.1 Å². The molecule has 2 N–H and O–H groups in total. The van der Waals surface area contributed by atoms with E-state index in [0.717, 1.165) is 28.0 Å². The summed E-state index contributed by atoms with van der Waals surface area (Å²) in [5, 5.41) is 3.89. The zero-order valence-corrected chi connectivity index (χ0v) is 13.3. The summed E-state index contributed by atoms with van der Waals surface area (Å²) in [6.07, 6.45) is 0.250. The van der Waals surface area contributed by atoms with Crippen LogP contribution in [0.5, 0.6) is 0 Å². The van der Waals surface area contributed by atoms with Crippen LogP contribution in [0.1, 0.15) is 0 Å². The summed E-state index contributed by atoms with van der Waals surface area (Å²) in [7, 11) is 1.97. The van der Waals surface area contributed by atoms with Gasteiger partial charge >= 0.3 is 6.15 Å². The number of benzene rings is 2. The number of fused-ring (bicyclic) bond motifs is 2. The first kappa shape index (κ1) is 15.7. The predicted molar refractivity (Wildman–Crippen MR) is 90.1 cm³/mol. The van der Waals surface area contributed by atoms with Crippen molar-refractivity contribution in [2.24, 2.45) is 7.05 Å². The monoisotopic (exact) mass is 341 g/mol. The van der Waals surface area contributed by atoms with Crippen LogP contribution in [0.3, 0.4) is 0 Å². The highest BCUT2D eigenvalue weighted by atomic mass is 35.5. The minimum absolute atomic E-state index is 0.250. The van der Waals surface area contributed by atoms with Crippen molar-refractivity contribution < 1.29 is 9.59 Å². The highest BCUT2D eigenvalue weighted by molar-refractivity contribution is 6.31. The Morgan fingerprint density at radius 2 is 1.88 bits per heavy atom. The molecule has 8 heteroatoms. The zero-order chi connectivity index (χ0) is 17.1. The van der Waals surface area contributed by atoms with Crippen molar-refractivity contribution in [1.82, 2.24) is 19.5 Å². The van der Waals surface area contributed by atoms with Crippen LogP contribution >= 0.6 is 11.6 Å². The molecule has 0 spiro atoms. The number of para-hydroxylation sites is 2. The van der Waals surface area contributed by atoms with Gasteiger partial charge in [-0.05, 0) is 30.3 Å². The minimum Gasteiger partial charge on any atom is -0.324 e. The molecule has 0 amide bonds. The SMILES string of the molecule is Cn1c(Nc2nc3ccc(Cl)cc3[nH]2)nc2ccccc21.O=C=O. The van der Waals surface area contributed by atoms with Crippen LogP contribution in [0.2, 0.25) is 5.02 Å². The van der Waals surface area contributed by atoms with Gasteiger partial charge in [-0.25, -0.2) is 9.97 Å². The lowest BCUT2D eigenvalue weighted by molar-refractivity contribution is -0.191. The maximum atomic E-state index is 8.12. The molecule has 0 radical (unpaired) electrons. The van der Waals surface area contributed by atoms with E-state index in [1.165, 1.54) is 0 Å². The van der Waals surface area contributed by atoms with Gasteiger partial charge in [0.05, 0.1) is 22.1 Å². The molecule has 24 heavy (non-hydrogen) atoms. The molecule has 0 saturated carbocycles. The number of H-pyrrole nitrogens is 1. The fourth-order valence-corrected chi connectivity index (χ4v) is 2.58. The number of aryl methyl sites for hydroxylation is 1. The van der Waals surface area contributed by atoms with E-state index in [4.69, 9.17) is 21.2 Å². The average Bonchev–Trinajstić information content (AvgIpc) is 3.09. The van der Waals surface area contributed by atoms with Crippen LogP contribution < -0.4 is 5.32 Å².